The molecule has 25 heavy (non-hydrogen) atoms. The Kier molecular flexibility index (Phi) is 5.09. The van der Waals surface area contributed by atoms with E-state index in [0.29, 0.717) is 24.3 Å². The van der Waals surface area contributed by atoms with Crippen LogP contribution in [0.15, 0.2) is 36.4 Å². The van der Waals surface area contributed by atoms with Crippen LogP contribution in [0.4, 0.5) is 35.1 Å². The van der Waals surface area contributed by atoms with Gasteiger partial charge in [-0.3, -0.25) is 0 Å². The fourth-order valence-electron chi connectivity index (χ4n) is 1.86. The Morgan fingerprint density at radius 3 is 1.32 bits per heavy atom. The van der Waals surface area contributed by atoms with Gasteiger partial charge in [0.05, 0.1) is 0 Å². The van der Waals surface area contributed by atoms with E-state index in [2.05, 4.69) is 9.47 Å². The molecule has 0 saturated heterocycles. The molecule has 0 heterocycles. The smallest absolute Gasteiger partial charge is 0.420 e. The van der Waals surface area contributed by atoms with Crippen LogP contribution in [0.2, 0.25) is 0 Å². The maximum atomic E-state index is 12.9. The lowest BCUT2D eigenvalue weighted by atomic mass is 10.2. The van der Waals surface area contributed by atoms with Crippen LogP contribution in [0.25, 0.3) is 0 Å². The highest BCUT2D eigenvalue weighted by atomic mass is 19.4. The average molecular weight is 372 g/mol. The normalized spacial score (nSPS) is 12.2. The minimum absolute atomic E-state index is 0.175. The van der Waals surface area contributed by atoms with Crippen LogP contribution in [-0.2, 0) is 12.4 Å². The quantitative estimate of drug-likeness (QED) is 0.527. The summed E-state index contributed by atoms with van der Waals surface area (Å²) in [7, 11) is 0. The van der Waals surface area contributed by atoms with E-state index in [1.807, 2.05) is 0 Å². The van der Waals surface area contributed by atoms with Crippen LogP contribution >= 0.6 is 0 Å². The number of rotatable bonds is 4. The predicted molar refractivity (Wildman–Crippen MR) is 68.9 cm³/mol. The van der Waals surface area contributed by atoms with Gasteiger partial charge in [-0.1, -0.05) is 0 Å². The summed E-state index contributed by atoms with van der Waals surface area (Å²) in [6.07, 6.45) is -9.88. The molecule has 0 aliphatic carbocycles. The van der Waals surface area contributed by atoms with Crippen molar-refractivity contribution in [2.45, 2.75) is 12.4 Å². The number of ether oxygens (including phenoxy) is 2. The predicted octanol–water partition coefficient (Wildman–Crippen LogP) is 5.42. The third-order valence-electron chi connectivity index (χ3n) is 2.92. The molecule has 2 aromatic rings. The second-order valence-corrected chi connectivity index (χ2v) is 4.68. The van der Waals surface area contributed by atoms with Gasteiger partial charge >= 0.3 is 12.4 Å². The number of halogens is 8. The van der Waals surface area contributed by atoms with Gasteiger partial charge in [0, 0.05) is 0 Å². The molecule has 2 rings (SSSR count). The Morgan fingerprint density at radius 1 is 0.640 bits per heavy atom. The van der Waals surface area contributed by atoms with E-state index in [1.54, 1.807) is 0 Å². The van der Waals surface area contributed by atoms with Gasteiger partial charge in [0.2, 0.25) is 6.79 Å². The number of hydrogen-bond acceptors (Lipinski definition) is 2. The zero-order chi connectivity index (χ0) is 18.8. The van der Waals surface area contributed by atoms with Crippen molar-refractivity contribution in [2.24, 2.45) is 0 Å². The lowest BCUT2D eigenvalue weighted by Gasteiger charge is -2.16. The topological polar surface area (TPSA) is 18.5 Å². The SMILES string of the molecule is Fc1ccc(OCOc2ccc(F)cc2C(F)(F)F)c(C(F)(F)F)c1. The Labute approximate surface area is 135 Å². The van der Waals surface area contributed by atoms with Crippen molar-refractivity contribution in [3.63, 3.8) is 0 Å². The van der Waals surface area contributed by atoms with Crippen LogP contribution in [-0.4, -0.2) is 6.79 Å². The van der Waals surface area contributed by atoms with Crippen LogP contribution in [0.5, 0.6) is 11.5 Å². The lowest BCUT2D eigenvalue weighted by Crippen LogP contribution is -2.14. The first-order valence-electron chi connectivity index (χ1n) is 6.47. The van der Waals surface area contributed by atoms with Crippen molar-refractivity contribution >= 4 is 0 Å². The fourth-order valence-corrected chi connectivity index (χ4v) is 1.86. The summed E-state index contributed by atoms with van der Waals surface area (Å²) in [6.45, 7) is -1.04. The van der Waals surface area contributed by atoms with Crippen molar-refractivity contribution < 1.29 is 44.6 Å². The highest BCUT2D eigenvalue weighted by Crippen LogP contribution is 2.38. The van der Waals surface area contributed by atoms with Gasteiger partial charge in [-0.2, -0.15) is 26.3 Å². The number of hydrogen-bond donors (Lipinski definition) is 0. The molecule has 0 aliphatic heterocycles. The molecule has 136 valence electrons. The van der Waals surface area contributed by atoms with Gasteiger partial charge in [0.15, 0.2) is 0 Å². The lowest BCUT2D eigenvalue weighted by molar-refractivity contribution is -0.140. The molecule has 0 aliphatic rings. The summed E-state index contributed by atoms with van der Waals surface area (Å²) >= 11 is 0. The van der Waals surface area contributed by atoms with E-state index in [0.717, 1.165) is 0 Å². The number of benzene rings is 2. The zero-order valence-electron chi connectivity index (χ0n) is 12.0. The third-order valence-corrected chi connectivity index (χ3v) is 2.92. The van der Waals surface area contributed by atoms with Crippen molar-refractivity contribution in [1.82, 2.24) is 0 Å². The van der Waals surface area contributed by atoms with Crippen molar-refractivity contribution in [3.05, 3.63) is 59.2 Å². The fraction of sp³-hybridized carbons (Fsp3) is 0.200. The molecule has 0 atom stereocenters. The van der Waals surface area contributed by atoms with E-state index in [-0.39, 0.29) is 12.1 Å². The van der Waals surface area contributed by atoms with Crippen molar-refractivity contribution in [1.29, 1.82) is 0 Å². The van der Waals surface area contributed by atoms with Crippen LogP contribution in [0.1, 0.15) is 11.1 Å². The first-order chi connectivity index (χ1) is 11.5. The largest absolute Gasteiger partial charge is 0.457 e. The summed E-state index contributed by atoms with van der Waals surface area (Å²) in [5.74, 6) is -3.99. The highest BCUT2D eigenvalue weighted by Gasteiger charge is 2.36. The molecule has 0 spiro atoms. The van der Waals surface area contributed by atoms with Crippen LogP contribution in [0.3, 0.4) is 0 Å². The minimum Gasteiger partial charge on any atom is -0.457 e. The summed E-state index contributed by atoms with van der Waals surface area (Å²) in [4.78, 5) is 0. The molecule has 0 saturated carbocycles. The molecular weight excluding hydrogens is 364 g/mol. The van der Waals surface area contributed by atoms with E-state index in [1.165, 1.54) is 0 Å². The summed E-state index contributed by atoms with van der Waals surface area (Å²) in [6, 6.07) is 3.05. The maximum Gasteiger partial charge on any atom is 0.420 e. The standard InChI is InChI=1S/C15H8F8O2/c16-8-1-3-12(10(5-8)14(18,19)20)24-7-25-13-4-2-9(17)6-11(13)15(21,22)23/h1-6H,7H2. The zero-order valence-corrected chi connectivity index (χ0v) is 12.0. The van der Waals surface area contributed by atoms with Gasteiger partial charge < -0.3 is 9.47 Å². The molecule has 2 aromatic carbocycles. The van der Waals surface area contributed by atoms with E-state index in [9.17, 15) is 35.1 Å². The van der Waals surface area contributed by atoms with E-state index in [4.69, 9.17) is 0 Å². The maximum absolute atomic E-state index is 12.9. The third kappa shape index (κ3) is 4.74. The minimum atomic E-state index is -4.94. The average Bonchev–Trinajstić information content (AvgIpc) is 2.48. The van der Waals surface area contributed by atoms with Crippen molar-refractivity contribution in [3.8, 4) is 11.5 Å². The molecule has 0 bridgehead atoms. The second-order valence-electron chi connectivity index (χ2n) is 4.68. The van der Waals surface area contributed by atoms with Gasteiger partial charge in [-0.15, -0.1) is 0 Å². The van der Waals surface area contributed by atoms with Gasteiger partial charge in [0.1, 0.15) is 34.3 Å². The Hall–Kier alpha value is -2.52. The summed E-state index contributed by atoms with van der Waals surface area (Å²) in [5.41, 5.74) is -2.91. The summed E-state index contributed by atoms with van der Waals surface area (Å²) < 4.78 is 112. The molecule has 0 aromatic heterocycles. The molecule has 0 amide bonds. The van der Waals surface area contributed by atoms with Crippen LogP contribution < -0.4 is 9.47 Å². The van der Waals surface area contributed by atoms with Crippen molar-refractivity contribution in [2.75, 3.05) is 6.79 Å². The van der Waals surface area contributed by atoms with E-state index < -0.39 is 53.4 Å². The molecule has 0 fully saturated rings. The molecule has 10 heteroatoms. The van der Waals surface area contributed by atoms with Gasteiger partial charge in [0.25, 0.3) is 0 Å². The first-order valence-corrected chi connectivity index (χ1v) is 6.47. The molecule has 0 N–H and O–H groups in total. The Bertz CT molecular complexity index is 689. The van der Waals surface area contributed by atoms with Gasteiger partial charge in [-0.25, -0.2) is 8.78 Å². The molecule has 2 nitrogen and oxygen atoms in total. The first kappa shape index (κ1) is 18.8. The van der Waals surface area contributed by atoms with E-state index >= 15 is 0 Å². The second kappa shape index (κ2) is 6.77. The summed E-state index contributed by atoms with van der Waals surface area (Å²) in [5, 5.41) is 0. The number of alkyl halides is 6. The van der Waals surface area contributed by atoms with Gasteiger partial charge in [-0.05, 0) is 36.4 Å². The Balaban J connectivity index is 2.18. The molecule has 0 radical (unpaired) electrons. The highest BCUT2D eigenvalue weighted by molar-refractivity contribution is 5.37. The van der Waals surface area contributed by atoms with Crippen LogP contribution in [0, 0.1) is 11.6 Å². The molecular formula is C15H8F8O2. The molecule has 0 unspecified atom stereocenters. The monoisotopic (exact) mass is 372 g/mol. The Morgan fingerprint density at radius 2 is 1.00 bits per heavy atom.